The van der Waals surface area contributed by atoms with E-state index < -0.39 is 5.97 Å². The van der Waals surface area contributed by atoms with Crippen molar-refractivity contribution in [2.24, 2.45) is 0 Å². The monoisotopic (exact) mass is 395 g/mol. The molecule has 0 atom stereocenters. The predicted molar refractivity (Wildman–Crippen MR) is 108 cm³/mol. The van der Waals surface area contributed by atoms with Gasteiger partial charge in [0.1, 0.15) is 16.5 Å². The molecule has 27 heavy (non-hydrogen) atoms. The van der Waals surface area contributed by atoms with Crippen LogP contribution in [0.1, 0.15) is 0 Å². The minimum absolute atomic E-state index is 0.199. The lowest BCUT2D eigenvalue weighted by atomic mass is 10.2. The van der Waals surface area contributed by atoms with Crippen LogP contribution in [0, 0.1) is 0 Å². The van der Waals surface area contributed by atoms with E-state index in [-0.39, 0.29) is 6.61 Å². The Morgan fingerprint density at radius 1 is 0.963 bits per heavy atom. The highest BCUT2D eigenvalue weighted by atomic mass is 35.5. The van der Waals surface area contributed by atoms with E-state index in [4.69, 9.17) is 21.1 Å². The molecular weight excluding hydrogens is 382 g/mol. The van der Waals surface area contributed by atoms with Crippen LogP contribution in [-0.4, -0.2) is 17.6 Å². The van der Waals surface area contributed by atoms with Gasteiger partial charge in [0.25, 0.3) is 0 Å². The van der Waals surface area contributed by atoms with Gasteiger partial charge in [0.05, 0.1) is 15.8 Å². The molecule has 134 valence electrons. The zero-order valence-corrected chi connectivity index (χ0v) is 15.7. The van der Waals surface area contributed by atoms with Gasteiger partial charge >= 0.3 is 5.97 Å². The molecule has 0 unspecified atom stereocenters. The smallest absolute Gasteiger partial charge is 0.349 e. The largest absolute Gasteiger partial charge is 0.482 e. The first-order valence-corrected chi connectivity index (χ1v) is 9.42. The lowest BCUT2D eigenvalue weighted by Crippen LogP contribution is -2.18. The number of para-hydroxylation sites is 2. The highest BCUT2D eigenvalue weighted by Crippen LogP contribution is 2.35. The minimum atomic E-state index is -0.487. The van der Waals surface area contributed by atoms with Crippen LogP contribution in [-0.2, 0) is 4.79 Å². The molecule has 1 heterocycles. The van der Waals surface area contributed by atoms with Crippen LogP contribution in [0.4, 0.5) is 0 Å². The topological polar surface area (TPSA) is 48.4 Å². The fourth-order valence-electron chi connectivity index (χ4n) is 2.54. The number of ether oxygens (including phenoxy) is 2. The molecule has 0 saturated heterocycles. The van der Waals surface area contributed by atoms with Gasteiger partial charge in [0, 0.05) is 5.02 Å². The van der Waals surface area contributed by atoms with Crippen LogP contribution in [0.3, 0.4) is 0 Å². The van der Waals surface area contributed by atoms with Crippen molar-refractivity contribution in [3.8, 4) is 22.1 Å². The number of aromatic nitrogens is 1. The molecule has 0 aliphatic heterocycles. The molecule has 0 aliphatic rings. The maximum Gasteiger partial charge on any atom is 0.349 e. The lowest BCUT2D eigenvalue weighted by molar-refractivity contribution is -0.136. The summed E-state index contributed by atoms with van der Waals surface area (Å²) in [6, 6.07) is 22.1. The number of thiazole rings is 1. The number of hydrogen-bond donors (Lipinski definition) is 0. The summed E-state index contributed by atoms with van der Waals surface area (Å²) in [5.41, 5.74) is 1.70. The Hall–Kier alpha value is -2.89. The van der Waals surface area contributed by atoms with Gasteiger partial charge in [0.15, 0.2) is 6.61 Å². The third-order valence-corrected chi connectivity index (χ3v) is 5.13. The molecule has 0 fully saturated rings. The first kappa shape index (κ1) is 17.5. The lowest BCUT2D eigenvalue weighted by Gasteiger charge is -2.09. The molecular formula is C21H14ClNO3S. The van der Waals surface area contributed by atoms with Crippen LogP contribution in [0.5, 0.6) is 11.5 Å². The second-order valence-electron chi connectivity index (χ2n) is 5.70. The van der Waals surface area contributed by atoms with Crippen LogP contribution in [0.25, 0.3) is 20.8 Å². The molecule has 6 heteroatoms. The molecule has 1 aromatic heterocycles. The van der Waals surface area contributed by atoms with Crippen molar-refractivity contribution in [2.45, 2.75) is 0 Å². The normalized spacial score (nSPS) is 10.7. The van der Waals surface area contributed by atoms with Gasteiger partial charge in [-0.05, 0) is 48.5 Å². The fraction of sp³-hybridized carbons (Fsp3) is 0.0476. The van der Waals surface area contributed by atoms with Crippen LogP contribution in [0.15, 0.2) is 72.8 Å². The molecule has 0 saturated carbocycles. The molecule has 4 aromatic rings. The zero-order chi connectivity index (χ0) is 18.6. The van der Waals surface area contributed by atoms with E-state index in [0.717, 1.165) is 20.8 Å². The Bertz CT molecular complexity index is 1060. The molecule has 4 rings (SSSR count). The van der Waals surface area contributed by atoms with Crippen LogP contribution < -0.4 is 9.47 Å². The molecule has 3 aromatic carbocycles. The number of benzene rings is 3. The number of carbonyl (C=O) groups excluding carboxylic acids is 1. The molecule has 0 amide bonds. The predicted octanol–water partition coefficient (Wildman–Crippen LogP) is 5.60. The average molecular weight is 396 g/mol. The van der Waals surface area contributed by atoms with Gasteiger partial charge in [-0.2, -0.15) is 0 Å². The average Bonchev–Trinajstić information content (AvgIpc) is 3.12. The number of halogens is 1. The molecule has 4 nitrogen and oxygen atoms in total. The van der Waals surface area contributed by atoms with Gasteiger partial charge in [0.2, 0.25) is 0 Å². The van der Waals surface area contributed by atoms with Gasteiger partial charge < -0.3 is 9.47 Å². The SMILES string of the molecule is O=C(COc1ccc(Cl)cc1)Oc1ccccc1-c1nc2ccccc2s1. The molecule has 0 spiro atoms. The van der Waals surface area contributed by atoms with E-state index in [1.54, 1.807) is 41.7 Å². The Balaban J connectivity index is 1.50. The van der Waals surface area contributed by atoms with Crippen molar-refractivity contribution in [3.05, 3.63) is 77.8 Å². The van der Waals surface area contributed by atoms with E-state index in [1.807, 2.05) is 42.5 Å². The number of carbonyl (C=O) groups is 1. The number of nitrogens with zero attached hydrogens (tertiary/aromatic N) is 1. The van der Waals surface area contributed by atoms with E-state index >= 15 is 0 Å². The van der Waals surface area contributed by atoms with E-state index in [0.29, 0.717) is 16.5 Å². The maximum atomic E-state index is 12.2. The van der Waals surface area contributed by atoms with Crippen molar-refractivity contribution in [1.82, 2.24) is 4.98 Å². The van der Waals surface area contributed by atoms with Crippen molar-refractivity contribution in [2.75, 3.05) is 6.61 Å². The number of fused-ring (bicyclic) bond motifs is 1. The number of esters is 1. The van der Waals surface area contributed by atoms with Crippen molar-refractivity contribution >= 4 is 39.1 Å². The van der Waals surface area contributed by atoms with Gasteiger partial charge in [-0.1, -0.05) is 35.9 Å². The Morgan fingerprint density at radius 2 is 1.70 bits per heavy atom. The Labute approximate surface area is 165 Å². The minimum Gasteiger partial charge on any atom is -0.482 e. The summed E-state index contributed by atoms with van der Waals surface area (Å²) in [5, 5.41) is 1.41. The first-order valence-electron chi connectivity index (χ1n) is 8.23. The second kappa shape index (κ2) is 7.78. The van der Waals surface area contributed by atoms with Crippen molar-refractivity contribution in [3.63, 3.8) is 0 Å². The summed E-state index contributed by atoms with van der Waals surface area (Å²) >= 11 is 7.39. The third-order valence-electron chi connectivity index (χ3n) is 3.81. The van der Waals surface area contributed by atoms with Crippen LogP contribution in [0.2, 0.25) is 5.02 Å². The van der Waals surface area contributed by atoms with E-state index in [2.05, 4.69) is 4.98 Å². The van der Waals surface area contributed by atoms with E-state index in [9.17, 15) is 4.79 Å². The summed E-state index contributed by atoms with van der Waals surface area (Å²) in [4.78, 5) is 16.9. The van der Waals surface area contributed by atoms with Gasteiger partial charge in [-0.3, -0.25) is 0 Å². The summed E-state index contributed by atoms with van der Waals surface area (Å²) in [6.07, 6.45) is 0. The Morgan fingerprint density at radius 3 is 2.52 bits per heavy atom. The maximum absolute atomic E-state index is 12.2. The third kappa shape index (κ3) is 4.10. The molecule has 0 radical (unpaired) electrons. The van der Waals surface area contributed by atoms with Crippen molar-refractivity contribution < 1.29 is 14.3 Å². The van der Waals surface area contributed by atoms with Gasteiger partial charge in [-0.15, -0.1) is 11.3 Å². The second-order valence-corrected chi connectivity index (χ2v) is 7.17. The standard InChI is InChI=1S/C21H14ClNO3S/c22-14-9-11-15(12-10-14)25-13-20(24)26-18-7-3-1-5-16(18)21-23-17-6-2-4-8-19(17)27-21/h1-12H,13H2. The summed E-state index contributed by atoms with van der Waals surface area (Å²) in [7, 11) is 0. The summed E-state index contributed by atoms with van der Waals surface area (Å²) in [6.45, 7) is -0.199. The number of hydrogen-bond acceptors (Lipinski definition) is 5. The molecule has 0 N–H and O–H groups in total. The zero-order valence-electron chi connectivity index (χ0n) is 14.1. The summed E-state index contributed by atoms with van der Waals surface area (Å²) < 4.78 is 12.0. The van der Waals surface area contributed by atoms with E-state index in [1.165, 1.54) is 0 Å². The highest BCUT2D eigenvalue weighted by Gasteiger charge is 2.14. The molecule has 0 bridgehead atoms. The fourth-order valence-corrected chi connectivity index (χ4v) is 3.67. The summed E-state index contributed by atoms with van der Waals surface area (Å²) in [5.74, 6) is 0.524. The van der Waals surface area contributed by atoms with Crippen LogP contribution >= 0.6 is 22.9 Å². The quantitative estimate of drug-likeness (QED) is 0.326. The molecule has 0 aliphatic carbocycles. The Kier molecular flexibility index (Phi) is 5.05. The highest BCUT2D eigenvalue weighted by molar-refractivity contribution is 7.21. The first-order chi connectivity index (χ1) is 13.2. The van der Waals surface area contributed by atoms with Gasteiger partial charge in [-0.25, -0.2) is 9.78 Å². The van der Waals surface area contributed by atoms with Crippen molar-refractivity contribution in [1.29, 1.82) is 0 Å². The number of rotatable bonds is 5.